The molecule has 4 nitrogen and oxygen atoms in total. The molecule has 0 saturated heterocycles. The average Bonchev–Trinajstić information content (AvgIpc) is 2.47. The fraction of sp³-hybridized carbons (Fsp3) is 0.278. The molecule has 23 heavy (non-hydrogen) atoms. The van der Waals surface area contributed by atoms with Crippen molar-refractivity contribution >= 4 is 15.9 Å². The fourth-order valence-corrected chi connectivity index (χ4v) is 3.32. The third-order valence-corrected chi connectivity index (χ3v) is 4.86. The zero-order valence-corrected chi connectivity index (χ0v) is 14.2. The van der Waals surface area contributed by atoms with Crippen molar-refractivity contribution < 1.29 is 13.2 Å². The quantitative estimate of drug-likeness (QED) is 0.885. The van der Waals surface area contributed by atoms with Crippen LogP contribution in [0.1, 0.15) is 30.0 Å². The Morgan fingerprint density at radius 2 is 1.70 bits per heavy atom. The SMILES string of the molecule is CCCc1cccc(CC(=O)NS(=O)(=O)c2ccc(C)cc2)c1. The summed E-state index contributed by atoms with van der Waals surface area (Å²) in [5.74, 6) is -0.528. The molecule has 1 amide bonds. The fourth-order valence-electron chi connectivity index (χ4n) is 2.33. The van der Waals surface area contributed by atoms with Gasteiger partial charge in [-0.05, 0) is 36.6 Å². The number of rotatable bonds is 6. The second kappa shape index (κ2) is 7.42. The summed E-state index contributed by atoms with van der Waals surface area (Å²) in [4.78, 5) is 12.1. The molecule has 0 spiro atoms. The summed E-state index contributed by atoms with van der Waals surface area (Å²) in [5, 5.41) is 0. The molecule has 2 rings (SSSR count). The van der Waals surface area contributed by atoms with Crippen molar-refractivity contribution in [3.63, 3.8) is 0 Å². The highest BCUT2D eigenvalue weighted by Crippen LogP contribution is 2.11. The Labute approximate surface area is 137 Å². The second-order valence-corrected chi connectivity index (χ2v) is 7.27. The van der Waals surface area contributed by atoms with Crippen LogP contribution in [-0.2, 0) is 27.7 Å². The summed E-state index contributed by atoms with van der Waals surface area (Å²) in [6.45, 7) is 3.96. The van der Waals surface area contributed by atoms with E-state index in [4.69, 9.17) is 0 Å². The van der Waals surface area contributed by atoms with Crippen LogP contribution < -0.4 is 4.72 Å². The van der Waals surface area contributed by atoms with Crippen LogP contribution in [0.15, 0.2) is 53.4 Å². The number of nitrogens with one attached hydrogen (secondary N) is 1. The maximum absolute atomic E-state index is 12.2. The lowest BCUT2D eigenvalue weighted by molar-refractivity contribution is -0.118. The molecule has 0 aromatic heterocycles. The Balaban J connectivity index is 2.06. The number of aryl methyl sites for hydroxylation is 2. The lowest BCUT2D eigenvalue weighted by Gasteiger charge is -2.08. The summed E-state index contributed by atoms with van der Waals surface area (Å²) in [6.07, 6.45) is 2.01. The maximum atomic E-state index is 12.2. The molecule has 0 saturated carbocycles. The highest BCUT2D eigenvalue weighted by molar-refractivity contribution is 7.90. The first-order valence-electron chi connectivity index (χ1n) is 7.61. The van der Waals surface area contributed by atoms with E-state index in [0.29, 0.717) is 0 Å². The van der Waals surface area contributed by atoms with E-state index >= 15 is 0 Å². The monoisotopic (exact) mass is 331 g/mol. The number of carbonyl (C=O) groups excluding carboxylic acids is 1. The number of hydrogen-bond donors (Lipinski definition) is 1. The minimum absolute atomic E-state index is 0.0443. The van der Waals surface area contributed by atoms with Crippen molar-refractivity contribution in [3.05, 3.63) is 65.2 Å². The standard InChI is InChI=1S/C18H21NO3S/c1-3-5-15-6-4-7-16(12-15)13-18(20)19-23(21,22)17-10-8-14(2)9-11-17/h4,6-12H,3,5,13H2,1-2H3,(H,19,20). The van der Waals surface area contributed by atoms with Crippen LogP contribution in [0.3, 0.4) is 0 Å². The zero-order chi connectivity index (χ0) is 16.9. The topological polar surface area (TPSA) is 63.2 Å². The number of sulfonamides is 1. The van der Waals surface area contributed by atoms with Crippen molar-refractivity contribution in [1.82, 2.24) is 4.72 Å². The van der Waals surface area contributed by atoms with E-state index < -0.39 is 15.9 Å². The van der Waals surface area contributed by atoms with Crippen molar-refractivity contribution in [2.75, 3.05) is 0 Å². The van der Waals surface area contributed by atoms with E-state index in [1.54, 1.807) is 12.1 Å². The van der Waals surface area contributed by atoms with Crippen molar-refractivity contribution in [2.45, 2.75) is 38.0 Å². The van der Waals surface area contributed by atoms with Gasteiger partial charge in [-0.3, -0.25) is 4.79 Å². The molecule has 0 aliphatic heterocycles. The van der Waals surface area contributed by atoms with Gasteiger partial charge in [0.25, 0.3) is 10.0 Å². The Bertz CT molecular complexity index is 780. The average molecular weight is 331 g/mol. The second-order valence-electron chi connectivity index (χ2n) is 5.59. The molecule has 2 aromatic carbocycles. The van der Waals surface area contributed by atoms with Gasteiger partial charge in [0.15, 0.2) is 0 Å². The molecule has 5 heteroatoms. The first kappa shape index (κ1) is 17.2. The van der Waals surface area contributed by atoms with Gasteiger partial charge in [-0.15, -0.1) is 0 Å². The number of amides is 1. The van der Waals surface area contributed by atoms with Crippen LogP contribution in [0.5, 0.6) is 0 Å². The van der Waals surface area contributed by atoms with Gasteiger partial charge in [0.05, 0.1) is 11.3 Å². The number of hydrogen-bond acceptors (Lipinski definition) is 3. The predicted molar refractivity (Wildman–Crippen MR) is 90.6 cm³/mol. The van der Waals surface area contributed by atoms with Crippen LogP contribution >= 0.6 is 0 Å². The molecular formula is C18H21NO3S. The normalized spacial score (nSPS) is 11.2. The molecule has 0 aliphatic rings. The summed E-state index contributed by atoms with van der Waals surface area (Å²) in [7, 11) is -3.82. The van der Waals surface area contributed by atoms with Crippen molar-refractivity contribution in [1.29, 1.82) is 0 Å². The lowest BCUT2D eigenvalue weighted by Crippen LogP contribution is -2.31. The largest absolute Gasteiger partial charge is 0.274 e. The van der Waals surface area contributed by atoms with E-state index in [0.717, 1.165) is 29.5 Å². The van der Waals surface area contributed by atoms with Crippen LogP contribution in [0.25, 0.3) is 0 Å². The molecule has 0 aliphatic carbocycles. The van der Waals surface area contributed by atoms with E-state index in [9.17, 15) is 13.2 Å². The minimum Gasteiger partial charge on any atom is -0.274 e. The summed E-state index contributed by atoms with van der Waals surface area (Å²) < 4.78 is 26.5. The highest BCUT2D eigenvalue weighted by atomic mass is 32.2. The Morgan fingerprint density at radius 3 is 2.35 bits per heavy atom. The number of carbonyl (C=O) groups is 1. The molecule has 0 bridgehead atoms. The van der Waals surface area contributed by atoms with Crippen LogP contribution in [0.4, 0.5) is 0 Å². The van der Waals surface area contributed by atoms with E-state index in [-0.39, 0.29) is 11.3 Å². The van der Waals surface area contributed by atoms with Crippen LogP contribution in [0.2, 0.25) is 0 Å². The van der Waals surface area contributed by atoms with Gasteiger partial charge in [0, 0.05) is 0 Å². The van der Waals surface area contributed by atoms with Gasteiger partial charge >= 0.3 is 0 Å². The number of benzene rings is 2. The van der Waals surface area contributed by atoms with Crippen molar-refractivity contribution in [2.24, 2.45) is 0 Å². The predicted octanol–water partition coefficient (Wildman–Crippen LogP) is 3.00. The molecule has 2 aromatic rings. The van der Waals surface area contributed by atoms with Gasteiger partial charge in [0.2, 0.25) is 5.91 Å². The Morgan fingerprint density at radius 1 is 1.04 bits per heavy atom. The summed E-state index contributed by atoms with van der Waals surface area (Å²) >= 11 is 0. The Kier molecular flexibility index (Phi) is 5.55. The molecule has 0 atom stereocenters. The van der Waals surface area contributed by atoms with Gasteiger partial charge < -0.3 is 0 Å². The molecule has 0 fully saturated rings. The highest BCUT2D eigenvalue weighted by Gasteiger charge is 2.17. The molecule has 0 radical (unpaired) electrons. The van der Waals surface area contributed by atoms with Crippen LogP contribution in [0, 0.1) is 6.92 Å². The molecule has 0 unspecified atom stereocenters. The van der Waals surface area contributed by atoms with E-state index in [1.165, 1.54) is 12.1 Å². The van der Waals surface area contributed by atoms with Gasteiger partial charge in [-0.25, -0.2) is 13.1 Å². The first-order chi connectivity index (χ1) is 10.9. The minimum atomic E-state index is -3.82. The third kappa shape index (κ3) is 4.93. The van der Waals surface area contributed by atoms with Crippen LogP contribution in [-0.4, -0.2) is 14.3 Å². The smallest absolute Gasteiger partial charge is 0.264 e. The van der Waals surface area contributed by atoms with E-state index in [1.807, 2.05) is 31.2 Å². The third-order valence-electron chi connectivity index (χ3n) is 3.47. The van der Waals surface area contributed by atoms with Crippen molar-refractivity contribution in [3.8, 4) is 0 Å². The lowest BCUT2D eigenvalue weighted by atomic mass is 10.0. The maximum Gasteiger partial charge on any atom is 0.264 e. The molecule has 0 heterocycles. The molecular weight excluding hydrogens is 310 g/mol. The zero-order valence-electron chi connectivity index (χ0n) is 13.4. The first-order valence-corrected chi connectivity index (χ1v) is 9.09. The van der Waals surface area contributed by atoms with Gasteiger partial charge in [-0.2, -0.15) is 0 Å². The summed E-state index contributed by atoms with van der Waals surface area (Å²) in [6, 6.07) is 14.1. The summed E-state index contributed by atoms with van der Waals surface area (Å²) in [5.41, 5.74) is 2.93. The molecule has 1 N–H and O–H groups in total. The van der Waals surface area contributed by atoms with Gasteiger partial charge in [-0.1, -0.05) is 55.3 Å². The van der Waals surface area contributed by atoms with Gasteiger partial charge in [0.1, 0.15) is 0 Å². The molecule has 122 valence electrons. The van der Waals surface area contributed by atoms with E-state index in [2.05, 4.69) is 11.6 Å². The Hall–Kier alpha value is -2.14.